The van der Waals surface area contributed by atoms with Crippen LogP contribution in [0.5, 0.6) is 11.5 Å². The van der Waals surface area contributed by atoms with Crippen LogP contribution in [0.2, 0.25) is 0 Å². The molecular weight excluding hydrogens is 568 g/mol. The zero-order valence-electron chi connectivity index (χ0n) is 25.0. The van der Waals surface area contributed by atoms with E-state index in [-0.39, 0.29) is 42.7 Å². The summed E-state index contributed by atoms with van der Waals surface area (Å²) in [6, 6.07) is 11.8. The Morgan fingerprint density at radius 2 is 1.91 bits per heavy atom. The lowest BCUT2D eigenvalue weighted by Crippen LogP contribution is -2.66. The second-order valence-electron chi connectivity index (χ2n) is 12.0. The van der Waals surface area contributed by atoms with E-state index in [1.54, 1.807) is 50.4 Å². The summed E-state index contributed by atoms with van der Waals surface area (Å²) >= 11 is 0. The molecule has 3 heterocycles. The first kappa shape index (κ1) is 29.5. The number of methoxy groups -OCH3 is 2. The molecule has 2 fully saturated rings. The minimum absolute atomic E-state index is 0.0111. The van der Waals surface area contributed by atoms with Crippen LogP contribution in [0.3, 0.4) is 0 Å². The maximum atomic E-state index is 14.3. The molecule has 2 aromatic carbocycles. The molecule has 6 rings (SSSR count). The lowest BCUT2D eigenvalue weighted by atomic mass is 9.83. The lowest BCUT2D eigenvalue weighted by molar-refractivity contribution is -0.138. The van der Waals surface area contributed by atoms with Crippen LogP contribution < -0.4 is 20.1 Å². The summed E-state index contributed by atoms with van der Waals surface area (Å²) in [5.41, 5.74) is -0.261. The minimum atomic E-state index is -1.43. The SMILES string of the molecule is COc1cccc(C#N)c1CNC(=O)C1(C)COc2c(oc3cc(C(=O)NC4(C)COC4)ccc23)C(=O)N1[C@H]1C[C@@H](OC)C1. The van der Waals surface area contributed by atoms with E-state index in [4.69, 9.17) is 23.4 Å². The molecule has 0 bridgehead atoms. The number of furan rings is 1. The highest BCUT2D eigenvalue weighted by molar-refractivity contribution is 6.06. The molecule has 1 saturated heterocycles. The topological polar surface area (TPSA) is 152 Å². The Bertz CT molecular complexity index is 1680. The van der Waals surface area contributed by atoms with Gasteiger partial charge in [-0.1, -0.05) is 6.07 Å². The van der Waals surface area contributed by atoms with Crippen molar-refractivity contribution in [3.8, 4) is 17.6 Å². The van der Waals surface area contributed by atoms with Gasteiger partial charge in [-0.05, 0) is 57.0 Å². The third-order valence-electron chi connectivity index (χ3n) is 8.76. The van der Waals surface area contributed by atoms with Gasteiger partial charge in [-0.25, -0.2) is 0 Å². The molecule has 1 saturated carbocycles. The van der Waals surface area contributed by atoms with Gasteiger partial charge < -0.3 is 38.9 Å². The van der Waals surface area contributed by atoms with E-state index in [2.05, 4.69) is 16.7 Å². The molecule has 0 spiro atoms. The standard InChI is InChI=1S/C32H34N4O8/c1-31(15-42-16-31)35-28(37)18-8-9-22-25(10-18)44-27-26(22)43-17-32(2,36(29(27)38)20-11-21(12-20)40-3)30(39)34-14-23-19(13-33)6-5-7-24(23)41-4/h5-10,20-21H,11-12,14-17H2,1-4H3,(H,34,39)(H,35,37)/t20-,21+,32?. The second kappa shape index (κ2) is 11.2. The quantitative estimate of drug-likeness (QED) is 0.396. The van der Waals surface area contributed by atoms with Crippen molar-refractivity contribution in [2.24, 2.45) is 0 Å². The Kier molecular flexibility index (Phi) is 7.47. The zero-order valence-corrected chi connectivity index (χ0v) is 25.0. The predicted molar refractivity (Wildman–Crippen MR) is 156 cm³/mol. The van der Waals surface area contributed by atoms with Crippen LogP contribution in [0.15, 0.2) is 40.8 Å². The Hall–Kier alpha value is -4.60. The third-order valence-corrected chi connectivity index (χ3v) is 8.76. The van der Waals surface area contributed by atoms with Gasteiger partial charge in [0.25, 0.3) is 11.8 Å². The summed E-state index contributed by atoms with van der Waals surface area (Å²) in [5.74, 6) is -0.579. The number of nitrogens with zero attached hydrogens (tertiary/aromatic N) is 2. The maximum Gasteiger partial charge on any atom is 0.294 e. The Balaban J connectivity index is 1.31. The van der Waals surface area contributed by atoms with Crippen LogP contribution in [0.25, 0.3) is 11.0 Å². The molecule has 12 heteroatoms. The van der Waals surface area contributed by atoms with E-state index < -0.39 is 22.9 Å². The van der Waals surface area contributed by atoms with E-state index in [0.29, 0.717) is 59.5 Å². The van der Waals surface area contributed by atoms with Crippen molar-refractivity contribution in [1.29, 1.82) is 5.26 Å². The van der Waals surface area contributed by atoms with Crippen molar-refractivity contribution in [2.45, 2.75) is 56.5 Å². The Morgan fingerprint density at radius 3 is 2.57 bits per heavy atom. The summed E-state index contributed by atoms with van der Waals surface area (Å²) in [6.45, 7) is 4.29. The fourth-order valence-electron chi connectivity index (χ4n) is 6.03. The number of nitrogens with one attached hydrogen (secondary N) is 2. The zero-order chi connectivity index (χ0) is 31.2. The van der Waals surface area contributed by atoms with E-state index >= 15 is 0 Å². The smallest absolute Gasteiger partial charge is 0.294 e. The molecule has 3 amide bonds. The molecular formula is C32H34N4O8. The molecule has 1 unspecified atom stereocenters. The first-order valence-corrected chi connectivity index (χ1v) is 14.4. The number of nitriles is 1. The summed E-state index contributed by atoms with van der Waals surface area (Å²) in [4.78, 5) is 42.7. The molecule has 2 aliphatic heterocycles. The van der Waals surface area contributed by atoms with Crippen molar-refractivity contribution in [3.63, 3.8) is 0 Å². The highest BCUT2D eigenvalue weighted by atomic mass is 16.5. The molecule has 3 aliphatic rings. The summed E-state index contributed by atoms with van der Waals surface area (Å²) in [6.07, 6.45) is 1.03. The molecule has 2 N–H and O–H groups in total. The van der Waals surface area contributed by atoms with Gasteiger partial charge in [-0.2, -0.15) is 5.26 Å². The van der Waals surface area contributed by atoms with Crippen molar-refractivity contribution in [1.82, 2.24) is 15.5 Å². The summed E-state index contributed by atoms with van der Waals surface area (Å²) in [7, 11) is 3.11. The molecule has 12 nitrogen and oxygen atoms in total. The fourth-order valence-corrected chi connectivity index (χ4v) is 6.03. The number of ether oxygens (including phenoxy) is 4. The molecule has 44 heavy (non-hydrogen) atoms. The van der Waals surface area contributed by atoms with E-state index in [9.17, 15) is 19.6 Å². The van der Waals surface area contributed by atoms with Gasteiger partial charge in [0, 0.05) is 30.8 Å². The monoisotopic (exact) mass is 602 g/mol. The fraction of sp³-hybridized carbons (Fsp3) is 0.438. The van der Waals surface area contributed by atoms with Crippen molar-refractivity contribution in [2.75, 3.05) is 34.0 Å². The first-order valence-electron chi connectivity index (χ1n) is 14.4. The number of hydrogen-bond donors (Lipinski definition) is 2. The largest absolute Gasteiger partial charge is 0.496 e. The number of rotatable bonds is 8. The average Bonchev–Trinajstić information content (AvgIpc) is 3.31. The van der Waals surface area contributed by atoms with Crippen molar-refractivity contribution >= 4 is 28.7 Å². The average molecular weight is 603 g/mol. The minimum Gasteiger partial charge on any atom is -0.496 e. The molecule has 1 atom stereocenters. The van der Waals surface area contributed by atoms with E-state index in [1.165, 1.54) is 12.0 Å². The van der Waals surface area contributed by atoms with Crippen molar-refractivity contribution < 1.29 is 37.7 Å². The first-order chi connectivity index (χ1) is 21.1. The molecule has 3 aromatic rings. The molecule has 230 valence electrons. The van der Waals surface area contributed by atoms with Gasteiger partial charge in [-0.15, -0.1) is 0 Å². The van der Waals surface area contributed by atoms with Crippen LogP contribution in [0, 0.1) is 11.3 Å². The Morgan fingerprint density at radius 1 is 1.14 bits per heavy atom. The Labute approximate surface area is 254 Å². The molecule has 1 aliphatic carbocycles. The van der Waals surface area contributed by atoms with Gasteiger partial charge in [-0.3, -0.25) is 14.4 Å². The van der Waals surface area contributed by atoms with E-state index in [0.717, 1.165) is 0 Å². The number of fused-ring (bicyclic) bond motifs is 3. The molecule has 0 radical (unpaired) electrons. The van der Waals surface area contributed by atoms with Gasteiger partial charge in [0.05, 0.1) is 49.0 Å². The van der Waals surface area contributed by atoms with Crippen LogP contribution in [0.4, 0.5) is 0 Å². The predicted octanol–water partition coefficient (Wildman–Crippen LogP) is 2.92. The number of carbonyl (C=O) groups excluding carboxylic acids is 3. The van der Waals surface area contributed by atoms with Crippen molar-refractivity contribution in [3.05, 3.63) is 58.8 Å². The van der Waals surface area contributed by atoms with Crippen LogP contribution in [-0.4, -0.2) is 79.9 Å². The number of benzene rings is 2. The van der Waals surface area contributed by atoms with Gasteiger partial charge in [0.2, 0.25) is 11.7 Å². The van der Waals surface area contributed by atoms with Gasteiger partial charge >= 0.3 is 0 Å². The number of hydrogen-bond acceptors (Lipinski definition) is 9. The van der Waals surface area contributed by atoms with Gasteiger partial charge in [0.15, 0.2) is 11.3 Å². The van der Waals surface area contributed by atoms with Gasteiger partial charge in [0.1, 0.15) is 17.9 Å². The lowest BCUT2D eigenvalue weighted by Gasteiger charge is -2.48. The summed E-state index contributed by atoms with van der Waals surface area (Å²) in [5, 5.41) is 16.0. The normalized spacial score (nSPS) is 23.7. The summed E-state index contributed by atoms with van der Waals surface area (Å²) < 4.78 is 28.4. The number of amides is 3. The highest BCUT2D eigenvalue weighted by Crippen LogP contribution is 2.42. The highest BCUT2D eigenvalue weighted by Gasteiger charge is 2.53. The maximum absolute atomic E-state index is 14.3. The van der Waals surface area contributed by atoms with Crippen LogP contribution in [-0.2, 0) is 20.8 Å². The second-order valence-corrected chi connectivity index (χ2v) is 12.0. The van der Waals surface area contributed by atoms with Crippen LogP contribution >= 0.6 is 0 Å². The molecule has 1 aromatic heterocycles. The third kappa shape index (κ3) is 4.92. The number of carbonyl (C=O) groups is 3. The van der Waals surface area contributed by atoms with Crippen LogP contribution in [0.1, 0.15) is 58.7 Å². The van der Waals surface area contributed by atoms with E-state index in [1.807, 2.05) is 6.92 Å².